The van der Waals surface area contributed by atoms with Crippen LogP contribution in [0.5, 0.6) is 0 Å². The van der Waals surface area contributed by atoms with Crippen molar-refractivity contribution < 1.29 is 71.8 Å². The number of aldehydes is 1. The third-order valence-electron chi connectivity index (χ3n) is 1.29. The van der Waals surface area contributed by atoms with Crippen LogP contribution in [0.15, 0.2) is 0 Å². The minimum Gasteiger partial charge on any atom is -0.790 e. The van der Waals surface area contributed by atoms with Crippen molar-refractivity contribution in [3.05, 3.63) is 0 Å². The van der Waals surface area contributed by atoms with Gasteiger partial charge in [0.1, 0.15) is 18.3 Å². The van der Waals surface area contributed by atoms with Gasteiger partial charge in [-0.2, -0.15) is 0 Å². The predicted octanol–water partition coefficient (Wildman–Crippen LogP) is -9.22. The van der Waals surface area contributed by atoms with Gasteiger partial charge in [0.2, 0.25) is 0 Å². The molecule has 0 saturated carbocycles. The number of hydrogen-bond acceptors (Lipinski definition) is 8. The Morgan fingerprint density at radius 1 is 1.00 bits per heavy atom. The molecule has 0 aromatic carbocycles. The zero-order valence-corrected chi connectivity index (χ0v) is 15.9. The van der Waals surface area contributed by atoms with Gasteiger partial charge in [-0.1, -0.05) is 0 Å². The molecule has 0 radical (unpaired) electrons. The summed E-state index contributed by atoms with van der Waals surface area (Å²) in [6.45, 7) is -1.02. The van der Waals surface area contributed by atoms with Crippen molar-refractivity contribution >= 4 is 63.0 Å². The number of aliphatic hydroxyl groups is 3. The summed E-state index contributed by atoms with van der Waals surface area (Å²) in [5, 5.41) is 26.4. The van der Waals surface area contributed by atoms with E-state index in [1.165, 1.54) is 0 Å². The zero-order chi connectivity index (χ0) is 11.4. The molecule has 16 heteroatoms. The Bertz CT molecular complexity index is 233. The van der Waals surface area contributed by atoms with E-state index in [0.29, 0.717) is 0 Å². The van der Waals surface area contributed by atoms with Gasteiger partial charge in [-0.05, 0) is 0 Å². The Labute approximate surface area is 158 Å². The number of carbonyl (C=O) groups excluding carboxylic acids is 1. The van der Waals surface area contributed by atoms with Crippen LogP contribution in [0.25, 0.3) is 0 Å². The van der Waals surface area contributed by atoms with Crippen molar-refractivity contribution in [1.82, 2.24) is 0 Å². The molecule has 3 unspecified atom stereocenters. The molecule has 0 aromatic rings. The molecule has 0 aliphatic rings. The van der Waals surface area contributed by atoms with Crippen LogP contribution in [0, 0.1) is 0 Å². The first-order chi connectivity index (χ1) is 6.28. The molecule has 3 atom stereocenters. The van der Waals surface area contributed by atoms with E-state index in [9.17, 15) is 19.1 Å². The Balaban J connectivity index is -0.0000000402. The SMILES string of the molecule is O.O.O.O.O.O.O=CC(O)C(O)C(O)COP(=O)([O-])[O-].[Ba+2]. The van der Waals surface area contributed by atoms with Gasteiger partial charge in [0.15, 0.2) is 6.29 Å². The molecule has 0 rings (SSSR count). The molecule has 0 fully saturated rings. The fraction of sp³-hybridized carbons (Fsp3) is 0.800. The summed E-state index contributed by atoms with van der Waals surface area (Å²) in [6, 6.07) is 0. The van der Waals surface area contributed by atoms with Gasteiger partial charge >= 0.3 is 48.9 Å². The molecular formula is C5H21BaO14P. The second kappa shape index (κ2) is 23.3. The van der Waals surface area contributed by atoms with Gasteiger partial charge in [0.25, 0.3) is 0 Å². The van der Waals surface area contributed by atoms with Gasteiger partial charge in [0.05, 0.1) is 14.4 Å². The molecule has 0 spiro atoms. The van der Waals surface area contributed by atoms with Crippen molar-refractivity contribution in [2.75, 3.05) is 6.61 Å². The first-order valence-corrected chi connectivity index (χ1v) is 4.90. The Hall–Kier alpha value is 0.991. The Morgan fingerprint density at radius 2 is 1.33 bits per heavy atom. The van der Waals surface area contributed by atoms with Crippen LogP contribution >= 0.6 is 7.82 Å². The number of phosphoric acid groups is 1. The molecule has 0 aliphatic heterocycles. The maximum Gasteiger partial charge on any atom is 2.00 e. The first kappa shape index (κ1) is 49.5. The van der Waals surface area contributed by atoms with E-state index in [0.717, 1.165) is 0 Å². The minimum absolute atomic E-state index is 0. The molecule has 0 bridgehead atoms. The van der Waals surface area contributed by atoms with Gasteiger partial charge < -0.3 is 71.8 Å². The molecule has 21 heavy (non-hydrogen) atoms. The predicted molar refractivity (Wildman–Crippen MR) is 65.1 cm³/mol. The summed E-state index contributed by atoms with van der Waals surface area (Å²) in [5.74, 6) is 0. The quantitative estimate of drug-likeness (QED) is 0.188. The summed E-state index contributed by atoms with van der Waals surface area (Å²) in [7, 11) is -5.24. The van der Waals surface area contributed by atoms with E-state index >= 15 is 0 Å². The maximum atomic E-state index is 9.92. The van der Waals surface area contributed by atoms with E-state index in [1.807, 2.05) is 0 Å². The summed E-state index contributed by atoms with van der Waals surface area (Å²) in [4.78, 5) is 29.8. The largest absolute Gasteiger partial charge is 2.00 e. The van der Waals surface area contributed by atoms with E-state index in [2.05, 4.69) is 4.52 Å². The van der Waals surface area contributed by atoms with Crippen molar-refractivity contribution in [3.63, 3.8) is 0 Å². The summed E-state index contributed by atoms with van der Waals surface area (Å²) in [5.41, 5.74) is 0. The summed E-state index contributed by atoms with van der Waals surface area (Å²) in [6.07, 6.45) is -5.67. The average Bonchev–Trinajstić information content (AvgIpc) is 2.10. The van der Waals surface area contributed by atoms with Crippen LogP contribution in [-0.4, -0.2) is 128 Å². The smallest absolute Gasteiger partial charge is 0.790 e. The molecule has 0 saturated heterocycles. The van der Waals surface area contributed by atoms with E-state index in [1.54, 1.807) is 0 Å². The fourth-order valence-electron chi connectivity index (χ4n) is 0.574. The molecule has 0 amide bonds. The summed E-state index contributed by atoms with van der Waals surface area (Å²) < 4.78 is 13.5. The third kappa shape index (κ3) is 26.2. The summed E-state index contributed by atoms with van der Waals surface area (Å²) >= 11 is 0. The second-order valence-electron chi connectivity index (χ2n) is 2.43. The topological polar surface area (TPSA) is 339 Å². The van der Waals surface area contributed by atoms with Gasteiger partial charge in [-0.15, -0.1) is 0 Å². The van der Waals surface area contributed by atoms with Crippen LogP contribution in [0.4, 0.5) is 0 Å². The van der Waals surface area contributed by atoms with Gasteiger partial charge in [0, 0.05) is 0 Å². The molecular weight excluding hydrogens is 452 g/mol. The van der Waals surface area contributed by atoms with E-state index in [-0.39, 0.29) is 88.0 Å². The van der Waals surface area contributed by atoms with Crippen LogP contribution in [-0.2, 0) is 13.9 Å². The van der Waals surface area contributed by atoms with Crippen molar-refractivity contribution in [2.45, 2.75) is 18.3 Å². The number of phosphoric ester groups is 1. The van der Waals surface area contributed by atoms with Crippen molar-refractivity contribution in [2.24, 2.45) is 0 Å². The molecule has 15 N–H and O–H groups in total. The van der Waals surface area contributed by atoms with Gasteiger partial charge in [-0.3, -0.25) is 0 Å². The van der Waals surface area contributed by atoms with Crippen LogP contribution in [0.2, 0.25) is 0 Å². The van der Waals surface area contributed by atoms with E-state index < -0.39 is 32.7 Å². The monoisotopic (exact) mass is 474 g/mol. The number of hydrogen-bond donors (Lipinski definition) is 3. The molecule has 0 aromatic heterocycles. The Kier molecular flexibility index (Phi) is 54.8. The average molecular weight is 474 g/mol. The molecule has 14 nitrogen and oxygen atoms in total. The molecule has 0 heterocycles. The second-order valence-corrected chi connectivity index (χ2v) is 3.58. The number of aliphatic hydroxyl groups excluding tert-OH is 3. The molecule has 132 valence electrons. The van der Waals surface area contributed by atoms with Crippen LogP contribution < -0.4 is 9.79 Å². The first-order valence-electron chi connectivity index (χ1n) is 3.44. The van der Waals surface area contributed by atoms with Gasteiger partial charge in [-0.25, -0.2) is 0 Å². The van der Waals surface area contributed by atoms with Crippen molar-refractivity contribution in [1.29, 1.82) is 0 Å². The normalized spacial score (nSPS) is 12.4. The number of carbonyl (C=O) groups is 1. The maximum absolute atomic E-state index is 9.92. The Morgan fingerprint density at radius 3 is 1.57 bits per heavy atom. The van der Waals surface area contributed by atoms with Crippen molar-refractivity contribution in [3.8, 4) is 0 Å². The third-order valence-corrected chi connectivity index (χ3v) is 1.75. The molecule has 0 aliphatic carbocycles. The standard InChI is InChI=1S/C5H11O8P.Ba.6H2O/c6-1-3(7)5(9)4(8)2-13-14(10,11)12;;;;;;;/h1,3-5,7-9H,2H2,(H2,10,11,12);;6*1H2/q;+2;;;;;;/p-2. The zero-order valence-electron chi connectivity index (χ0n) is 10.6. The fourth-order valence-corrected chi connectivity index (χ4v) is 0.910. The van der Waals surface area contributed by atoms with Crippen LogP contribution in [0.1, 0.15) is 0 Å². The van der Waals surface area contributed by atoms with Crippen LogP contribution in [0.3, 0.4) is 0 Å². The number of rotatable bonds is 6. The van der Waals surface area contributed by atoms with E-state index in [4.69, 9.17) is 15.3 Å². The minimum atomic E-state index is -5.24.